The average molecular weight is 517 g/mol. The summed E-state index contributed by atoms with van der Waals surface area (Å²) in [6, 6.07) is 15.1. The van der Waals surface area contributed by atoms with Crippen LogP contribution < -0.4 is 15.4 Å². The summed E-state index contributed by atoms with van der Waals surface area (Å²) in [6.07, 6.45) is 5.31. The fraction of sp³-hybridized carbons (Fsp3) is 0.214. The Morgan fingerprint density at radius 1 is 0.947 bits per heavy atom. The Kier molecular flexibility index (Phi) is 7.39. The predicted octanol–water partition coefficient (Wildman–Crippen LogP) is 5.63. The van der Waals surface area contributed by atoms with Crippen LogP contribution in [0.1, 0.15) is 28.8 Å². The number of carbonyl (C=O) groups is 1. The summed E-state index contributed by atoms with van der Waals surface area (Å²) >= 11 is 0. The largest absolute Gasteiger partial charge is 0.487 e. The minimum atomic E-state index is -0.490. The van der Waals surface area contributed by atoms with E-state index in [1.807, 2.05) is 0 Å². The maximum absolute atomic E-state index is 13.8. The first-order chi connectivity index (χ1) is 18.4. The van der Waals surface area contributed by atoms with E-state index < -0.39 is 5.82 Å². The van der Waals surface area contributed by atoms with Crippen LogP contribution in [-0.2, 0) is 0 Å². The number of anilines is 4. The van der Waals surface area contributed by atoms with E-state index in [2.05, 4.69) is 25.6 Å². The average Bonchev–Trinajstić information content (AvgIpc) is 2.93. The molecule has 0 unspecified atom stereocenters. The van der Waals surface area contributed by atoms with Crippen molar-refractivity contribution in [3.8, 4) is 5.75 Å². The van der Waals surface area contributed by atoms with Crippen molar-refractivity contribution >= 4 is 29.0 Å². The van der Waals surface area contributed by atoms with Crippen LogP contribution in [0.4, 0.5) is 31.9 Å². The van der Waals surface area contributed by atoms with E-state index in [1.54, 1.807) is 60.5 Å². The lowest BCUT2D eigenvalue weighted by atomic mass is 10.1. The quantitative estimate of drug-likeness (QED) is 0.329. The van der Waals surface area contributed by atoms with E-state index >= 15 is 0 Å². The van der Waals surface area contributed by atoms with Gasteiger partial charge in [0.15, 0.2) is 11.6 Å². The number of rotatable bonds is 7. The molecule has 194 valence electrons. The third-order valence-corrected chi connectivity index (χ3v) is 6.23. The summed E-state index contributed by atoms with van der Waals surface area (Å²) in [5.74, 6) is 0.292. The van der Waals surface area contributed by atoms with Gasteiger partial charge >= 0.3 is 0 Å². The van der Waals surface area contributed by atoms with Gasteiger partial charge in [-0.05, 0) is 61.0 Å². The minimum absolute atomic E-state index is 0.0675. The Morgan fingerprint density at radius 2 is 1.71 bits per heavy atom. The Morgan fingerprint density at radius 3 is 2.45 bits per heavy atom. The number of nitrogens with one attached hydrogen (secondary N) is 2. The summed E-state index contributed by atoms with van der Waals surface area (Å²) < 4.78 is 33.1. The molecule has 1 fully saturated rings. The first kappa shape index (κ1) is 25.1. The van der Waals surface area contributed by atoms with Crippen LogP contribution in [0.5, 0.6) is 5.75 Å². The van der Waals surface area contributed by atoms with Gasteiger partial charge in [-0.15, -0.1) is 0 Å². The number of piperidine rings is 1. The number of likely N-dealkylation sites (tertiary alicyclic amines) is 1. The predicted molar refractivity (Wildman–Crippen MR) is 140 cm³/mol. The Bertz CT molecular complexity index is 1430. The molecule has 2 aromatic heterocycles. The van der Waals surface area contributed by atoms with E-state index in [9.17, 15) is 13.6 Å². The molecule has 3 heterocycles. The van der Waals surface area contributed by atoms with Gasteiger partial charge < -0.3 is 20.3 Å². The number of ether oxygens (including phenoxy) is 1. The van der Waals surface area contributed by atoms with Gasteiger partial charge in [0.1, 0.15) is 17.7 Å². The fourth-order valence-corrected chi connectivity index (χ4v) is 4.18. The van der Waals surface area contributed by atoms with Crippen molar-refractivity contribution in [2.24, 2.45) is 0 Å². The van der Waals surface area contributed by atoms with Crippen LogP contribution >= 0.6 is 0 Å². The monoisotopic (exact) mass is 516 g/mol. The lowest BCUT2D eigenvalue weighted by Crippen LogP contribution is -2.41. The number of aryl methyl sites for hydroxylation is 1. The van der Waals surface area contributed by atoms with E-state index in [0.717, 1.165) is 17.6 Å². The van der Waals surface area contributed by atoms with E-state index in [0.29, 0.717) is 48.8 Å². The summed E-state index contributed by atoms with van der Waals surface area (Å²) in [5.41, 5.74) is 2.55. The van der Waals surface area contributed by atoms with Crippen LogP contribution in [0.3, 0.4) is 0 Å². The number of halogens is 2. The van der Waals surface area contributed by atoms with Gasteiger partial charge in [0, 0.05) is 61.3 Å². The highest BCUT2D eigenvalue weighted by molar-refractivity contribution is 5.94. The van der Waals surface area contributed by atoms with E-state index in [-0.39, 0.29) is 23.6 Å². The van der Waals surface area contributed by atoms with Crippen molar-refractivity contribution in [3.05, 3.63) is 95.9 Å². The molecule has 2 aromatic carbocycles. The number of hydrogen-bond donors (Lipinski definition) is 2. The molecule has 38 heavy (non-hydrogen) atoms. The summed E-state index contributed by atoms with van der Waals surface area (Å²) in [5, 5.41) is 6.27. The minimum Gasteiger partial charge on any atom is -0.487 e. The Labute approximate surface area is 218 Å². The molecular weight excluding hydrogens is 490 g/mol. The molecule has 1 saturated heterocycles. The number of amides is 1. The van der Waals surface area contributed by atoms with Gasteiger partial charge in [-0.1, -0.05) is 0 Å². The highest BCUT2D eigenvalue weighted by Crippen LogP contribution is 2.23. The molecular formula is C28H26F2N6O2. The molecule has 0 radical (unpaired) electrons. The number of carbonyl (C=O) groups excluding carboxylic acids is 1. The maximum Gasteiger partial charge on any atom is 0.253 e. The van der Waals surface area contributed by atoms with Crippen LogP contribution in [0.2, 0.25) is 0 Å². The zero-order valence-electron chi connectivity index (χ0n) is 20.7. The van der Waals surface area contributed by atoms with Crippen molar-refractivity contribution in [2.75, 3.05) is 23.7 Å². The fourth-order valence-electron chi connectivity index (χ4n) is 4.18. The molecule has 0 saturated carbocycles. The van der Waals surface area contributed by atoms with Gasteiger partial charge in [-0.3, -0.25) is 9.78 Å². The van der Waals surface area contributed by atoms with Gasteiger partial charge in [0.2, 0.25) is 5.95 Å². The molecule has 0 atom stereocenters. The lowest BCUT2D eigenvalue weighted by molar-refractivity contribution is 0.0588. The third-order valence-electron chi connectivity index (χ3n) is 6.23. The van der Waals surface area contributed by atoms with Crippen molar-refractivity contribution in [1.82, 2.24) is 19.9 Å². The van der Waals surface area contributed by atoms with Crippen molar-refractivity contribution in [3.63, 3.8) is 0 Å². The molecule has 1 aliphatic rings. The molecule has 0 aliphatic carbocycles. The SMILES string of the molecule is Cc1cc(Nc2ccnc(Nc3ccc(C(=O)N4CCC(Oc5ccncc5F)CC4)cc3)n2)ccc1F. The topological polar surface area (TPSA) is 92.3 Å². The first-order valence-corrected chi connectivity index (χ1v) is 12.2. The number of nitrogens with zero attached hydrogens (tertiary/aromatic N) is 4. The van der Waals surface area contributed by atoms with Crippen molar-refractivity contribution < 1.29 is 18.3 Å². The van der Waals surface area contributed by atoms with Crippen LogP contribution in [0.25, 0.3) is 0 Å². The number of benzene rings is 2. The second-order valence-corrected chi connectivity index (χ2v) is 8.97. The Balaban J connectivity index is 1.15. The third kappa shape index (κ3) is 6.03. The number of hydrogen-bond acceptors (Lipinski definition) is 7. The normalized spacial score (nSPS) is 13.7. The maximum atomic E-state index is 13.8. The van der Waals surface area contributed by atoms with Crippen LogP contribution in [-0.4, -0.2) is 45.0 Å². The van der Waals surface area contributed by atoms with Gasteiger partial charge in [0.25, 0.3) is 5.91 Å². The van der Waals surface area contributed by atoms with Gasteiger partial charge in [-0.25, -0.2) is 13.8 Å². The van der Waals surface area contributed by atoms with E-state index in [4.69, 9.17) is 4.74 Å². The van der Waals surface area contributed by atoms with Crippen molar-refractivity contribution in [2.45, 2.75) is 25.9 Å². The highest BCUT2D eigenvalue weighted by atomic mass is 19.1. The molecule has 0 bridgehead atoms. The van der Waals surface area contributed by atoms with Crippen LogP contribution in [0.15, 0.2) is 73.2 Å². The van der Waals surface area contributed by atoms with Crippen molar-refractivity contribution in [1.29, 1.82) is 0 Å². The standard InChI is InChI=1S/C28H26F2N6O2/c1-18-16-21(6-7-23(18)29)33-26-9-13-32-28(35-26)34-20-4-2-19(3-5-20)27(37)36-14-10-22(11-15-36)38-25-8-12-31-17-24(25)30/h2-9,12-13,16-17,22H,10-11,14-15H2,1H3,(H2,32,33,34,35). The molecule has 0 spiro atoms. The summed E-state index contributed by atoms with van der Waals surface area (Å²) in [4.78, 5) is 27.2. The van der Waals surface area contributed by atoms with Gasteiger partial charge in [0.05, 0.1) is 6.20 Å². The van der Waals surface area contributed by atoms with Crippen LogP contribution in [0, 0.1) is 18.6 Å². The zero-order valence-corrected chi connectivity index (χ0v) is 20.7. The van der Waals surface area contributed by atoms with Gasteiger partial charge in [-0.2, -0.15) is 4.98 Å². The first-order valence-electron chi connectivity index (χ1n) is 12.2. The number of aromatic nitrogens is 3. The van der Waals surface area contributed by atoms with E-state index in [1.165, 1.54) is 18.3 Å². The smallest absolute Gasteiger partial charge is 0.253 e. The summed E-state index contributed by atoms with van der Waals surface area (Å²) in [6.45, 7) is 2.75. The second-order valence-electron chi connectivity index (χ2n) is 8.97. The molecule has 4 aromatic rings. The molecule has 1 aliphatic heterocycles. The molecule has 5 rings (SSSR count). The molecule has 2 N–H and O–H groups in total. The molecule has 8 nitrogen and oxygen atoms in total. The summed E-state index contributed by atoms with van der Waals surface area (Å²) in [7, 11) is 0. The Hall–Kier alpha value is -4.60. The molecule has 10 heteroatoms. The highest BCUT2D eigenvalue weighted by Gasteiger charge is 2.25. The molecule has 1 amide bonds. The zero-order chi connectivity index (χ0) is 26.5. The second kappa shape index (κ2) is 11.2. The number of pyridine rings is 1. The lowest BCUT2D eigenvalue weighted by Gasteiger charge is -2.32.